The van der Waals surface area contributed by atoms with Gasteiger partial charge in [0.25, 0.3) is 0 Å². The lowest BCUT2D eigenvalue weighted by Crippen LogP contribution is -2.30. The van der Waals surface area contributed by atoms with Gasteiger partial charge in [0.15, 0.2) is 0 Å². The zero-order valence-electron chi connectivity index (χ0n) is 7.03. The minimum atomic E-state index is -0.877. The van der Waals surface area contributed by atoms with Gasteiger partial charge in [-0.25, -0.2) is 0 Å². The van der Waals surface area contributed by atoms with Crippen LogP contribution in [0.5, 0.6) is 0 Å². The Morgan fingerprint density at radius 3 is 3.00 bits per heavy atom. The third-order valence-corrected chi connectivity index (χ3v) is 3.61. The van der Waals surface area contributed by atoms with Gasteiger partial charge < -0.3 is 10.8 Å². The Hall–Kier alpha value is -0.220. The fraction of sp³-hybridized carbons (Fsp3) is 0.875. The molecule has 0 bridgehead atoms. The summed E-state index contributed by atoms with van der Waals surface area (Å²) < 4.78 is 0. The summed E-state index contributed by atoms with van der Waals surface area (Å²) in [5.74, 6) is 0.352. The summed E-state index contributed by atoms with van der Waals surface area (Å²) in [7, 11) is 0. The lowest BCUT2D eigenvalue weighted by Gasteiger charge is -2.10. The molecule has 3 N–H and O–H groups in total. The minimum absolute atomic E-state index is 0.618. The normalized spacial score (nSPS) is 25.6. The molecule has 0 aromatic rings. The standard InChI is InChI=1S/C8H15NO2S/c9-7(8(10)11)4-3-6-2-1-5-12-6/h6-7H,1-5,9H2,(H,10,11)/t6-,7+/m1/s1. The molecule has 0 radical (unpaired) electrons. The van der Waals surface area contributed by atoms with E-state index in [4.69, 9.17) is 10.8 Å². The number of carboxylic acids is 1. The molecule has 3 nitrogen and oxygen atoms in total. The van der Waals surface area contributed by atoms with E-state index in [1.54, 1.807) is 0 Å². The zero-order chi connectivity index (χ0) is 8.97. The van der Waals surface area contributed by atoms with Crippen molar-refractivity contribution in [3.63, 3.8) is 0 Å². The highest BCUT2D eigenvalue weighted by Gasteiger charge is 2.18. The number of hydrogen-bond acceptors (Lipinski definition) is 3. The van der Waals surface area contributed by atoms with Gasteiger partial charge in [-0.1, -0.05) is 0 Å². The molecule has 0 saturated carbocycles. The van der Waals surface area contributed by atoms with E-state index in [1.807, 2.05) is 11.8 Å². The van der Waals surface area contributed by atoms with Crippen LogP contribution >= 0.6 is 11.8 Å². The Labute approximate surface area is 76.7 Å². The molecule has 1 rings (SSSR count). The van der Waals surface area contributed by atoms with Crippen LogP contribution in [0, 0.1) is 0 Å². The Morgan fingerprint density at radius 1 is 1.75 bits per heavy atom. The van der Waals surface area contributed by atoms with Crippen molar-refractivity contribution in [3.05, 3.63) is 0 Å². The Bertz CT molecular complexity index is 157. The number of carboxylic acid groups (broad SMARTS) is 1. The number of carbonyl (C=O) groups is 1. The molecule has 0 aromatic carbocycles. The molecular weight excluding hydrogens is 174 g/mol. The molecule has 1 aliphatic heterocycles. The molecule has 0 unspecified atom stereocenters. The predicted octanol–water partition coefficient (Wildman–Crippen LogP) is 1.07. The van der Waals surface area contributed by atoms with Gasteiger partial charge >= 0.3 is 5.97 Å². The fourth-order valence-corrected chi connectivity index (χ4v) is 2.66. The molecule has 0 amide bonds. The molecule has 70 valence electrons. The molecule has 12 heavy (non-hydrogen) atoms. The predicted molar refractivity (Wildman–Crippen MR) is 50.3 cm³/mol. The van der Waals surface area contributed by atoms with Crippen molar-refractivity contribution in [2.75, 3.05) is 5.75 Å². The number of hydrogen-bond donors (Lipinski definition) is 2. The highest BCUT2D eigenvalue weighted by atomic mass is 32.2. The maximum atomic E-state index is 10.4. The second-order valence-electron chi connectivity index (χ2n) is 3.16. The van der Waals surface area contributed by atoms with E-state index in [0.29, 0.717) is 11.7 Å². The summed E-state index contributed by atoms with van der Waals surface area (Å²) in [6, 6.07) is -0.661. The first kappa shape index (κ1) is 9.86. The van der Waals surface area contributed by atoms with Crippen LogP contribution in [-0.4, -0.2) is 28.1 Å². The lowest BCUT2D eigenvalue weighted by molar-refractivity contribution is -0.138. The van der Waals surface area contributed by atoms with Crippen LogP contribution in [0.15, 0.2) is 0 Å². The summed E-state index contributed by atoms with van der Waals surface area (Å²) in [5.41, 5.74) is 5.39. The molecule has 1 fully saturated rings. The first-order valence-corrected chi connectivity index (χ1v) is 5.35. The van der Waals surface area contributed by atoms with E-state index in [2.05, 4.69) is 0 Å². The van der Waals surface area contributed by atoms with Crippen molar-refractivity contribution in [1.29, 1.82) is 0 Å². The summed E-state index contributed by atoms with van der Waals surface area (Å²) in [4.78, 5) is 10.4. The zero-order valence-corrected chi connectivity index (χ0v) is 7.85. The molecule has 0 spiro atoms. The average Bonchev–Trinajstić information content (AvgIpc) is 2.51. The number of rotatable bonds is 4. The van der Waals surface area contributed by atoms with Gasteiger partial charge in [0.1, 0.15) is 6.04 Å². The van der Waals surface area contributed by atoms with Crippen LogP contribution < -0.4 is 5.73 Å². The van der Waals surface area contributed by atoms with Crippen molar-refractivity contribution < 1.29 is 9.90 Å². The maximum Gasteiger partial charge on any atom is 0.320 e. The van der Waals surface area contributed by atoms with E-state index in [1.165, 1.54) is 18.6 Å². The van der Waals surface area contributed by atoms with E-state index >= 15 is 0 Å². The summed E-state index contributed by atoms with van der Waals surface area (Å²) in [6.45, 7) is 0. The summed E-state index contributed by atoms with van der Waals surface area (Å²) in [5, 5.41) is 9.19. The van der Waals surface area contributed by atoms with Crippen LogP contribution in [0.2, 0.25) is 0 Å². The second-order valence-corrected chi connectivity index (χ2v) is 4.57. The number of nitrogens with two attached hydrogens (primary N) is 1. The highest BCUT2D eigenvalue weighted by molar-refractivity contribution is 8.00. The van der Waals surface area contributed by atoms with Crippen LogP contribution in [0.4, 0.5) is 0 Å². The number of aliphatic carboxylic acids is 1. The maximum absolute atomic E-state index is 10.4. The van der Waals surface area contributed by atoms with E-state index in [9.17, 15) is 4.79 Å². The van der Waals surface area contributed by atoms with Crippen molar-refractivity contribution in [1.82, 2.24) is 0 Å². The van der Waals surface area contributed by atoms with Crippen molar-refractivity contribution >= 4 is 17.7 Å². The smallest absolute Gasteiger partial charge is 0.320 e. The third kappa shape index (κ3) is 3.03. The molecule has 1 heterocycles. The van der Waals surface area contributed by atoms with E-state index < -0.39 is 12.0 Å². The van der Waals surface area contributed by atoms with Crippen LogP contribution in [-0.2, 0) is 4.79 Å². The molecule has 1 saturated heterocycles. The molecule has 4 heteroatoms. The number of thioether (sulfide) groups is 1. The second kappa shape index (κ2) is 4.72. The molecular formula is C8H15NO2S. The monoisotopic (exact) mass is 189 g/mol. The van der Waals surface area contributed by atoms with Gasteiger partial charge in [0, 0.05) is 5.25 Å². The first-order valence-electron chi connectivity index (χ1n) is 4.30. The summed E-state index contributed by atoms with van der Waals surface area (Å²) >= 11 is 1.95. The van der Waals surface area contributed by atoms with Crippen LogP contribution in [0.3, 0.4) is 0 Å². The van der Waals surface area contributed by atoms with Gasteiger partial charge in [-0.3, -0.25) is 4.79 Å². The Kier molecular flexibility index (Phi) is 3.88. The lowest BCUT2D eigenvalue weighted by atomic mass is 10.1. The Morgan fingerprint density at radius 2 is 2.50 bits per heavy atom. The van der Waals surface area contributed by atoms with E-state index in [0.717, 1.165) is 6.42 Å². The summed E-state index contributed by atoms with van der Waals surface area (Å²) in [6.07, 6.45) is 4.08. The van der Waals surface area contributed by atoms with Crippen molar-refractivity contribution in [2.45, 2.75) is 37.0 Å². The minimum Gasteiger partial charge on any atom is -0.480 e. The molecule has 2 atom stereocenters. The van der Waals surface area contributed by atoms with E-state index in [-0.39, 0.29) is 0 Å². The molecule has 0 aliphatic carbocycles. The molecule has 0 aromatic heterocycles. The van der Waals surface area contributed by atoms with Gasteiger partial charge in [0.05, 0.1) is 0 Å². The van der Waals surface area contributed by atoms with Gasteiger partial charge in [-0.05, 0) is 31.4 Å². The largest absolute Gasteiger partial charge is 0.480 e. The quantitative estimate of drug-likeness (QED) is 0.694. The van der Waals surface area contributed by atoms with Crippen molar-refractivity contribution in [2.24, 2.45) is 5.73 Å². The van der Waals surface area contributed by atoms with Gasteiger partial charge in [-0.2, -0.15) is 11.8 Å². The highest BCUT2D eigenvalue weighted by Crippen LogP contribution is 2.29. The fourth-order valence-electron chi connectivity index (χ4n) is 1.36. The third-order valence-electron chi connectivity index (χ3n) is 2.14. The Balaban J connectivity index is 2.11. The van der Waals surface area contributed by atoms with Crippen LogP contribution in [0.25, 0.3) is 0 Å². The molecule has 1 aliphatic rings. The first-order chi connectivity index (χ1) is 5.70. The van der Waals surface area contributed by atoms with Crippen molar-refractivity contribution in [3.8, 4) is 0 Å². The van der Waals surface area contributed by atoms with Crippen LogP contribution in [0.1, 0.15) is 25.7 Å². The average molecular weight is 189 g/mol. The SMILES string of the molecule is N[C@@H](CC[C@H]1CCCS1)C(=O)O. The topological polar surface area (TPSA) is 63.3 Å². The van der Waals surface area contributed by atoms with Gasteiger partial charge in [-0.15, -0.1) is 0 Å². The van der Waals surface area contributed by atoms with Gasteiger partial charge in [0.2, 0.25) is 0 Å².